The van der Waals surface area contributed by atoms with Gasteiger partial charge in [0.1, 0.15) is 6.04 Å². The molecule has 3 rings (SSSR count). The molecule has 7 nitrogen and oxygen atoms in total. The lowest BCUT2D eigenvalue weighted by atomic mass is 9.96. The number of pyridine rings is 1. The summed E-state index contributed by atoms with van der Waals surface area (Å²) in [4.78, 5) is 13.2. The van der Waals surface area contributed by atoms with E-state index in [0.717, 1.165) is 22.6 Å². The van der Waals surface area contributed by atoms with Gasteiger partial charge in [-0.05, 0) is 12.5 Å². The summed E-state index contributed by atoms with van der Waals surface area (Å²) < 4.78 is 56.8. The van der Waals surface area contributed by atoms with E-state index >= 15 is 0 Å². The van der Waals surface area contributed by atoms with Crippen molar-refractivity contribution in [2.45, 2.75) is 29.7 Å². The third-order valence-corrected chi connectivity index (χ3v) is 5.84. The van der Waals surface area contributed by atoms with E-state index in [-0.39, 0.29) is 23.4 Å². The number of aromatic amines is 1. The molecule has 1 atom stereocenters. The number of piperidine rings is 1. The first-order valence-electron chi connectivity index (χ1n) is 7.29. The number of sulfonamides is 1. The van der Waals surface area contributed by atoms with E-state index in [9.17, 15) is 22.0 Å². The van der Waals surface area contributed by atoms with E-state index in [1.165, 1.54) is 17.1 Å². The number of nitrogens with one attached hydrogen (secondary N) is 1. The second-order valence-electron chi connectivity index (χ2n) is 5.72. The molecule has 1 N–H and O–H groups in total. The van der Waals surface area contributed by atoms with Crippen molar-refractivity contribution in [3.63, 3.8) is 0 Å². The van der Waals surface area contributed by atoms with Gasteiger partial charge in [-0.1, -0.05) is 0 Å². The third kappa shape index (κ3) is 2.86. The minimum atomic E-state index is -4.19. The number of halogens is 2. The maximum Gasteiger partial charge on any atom is 0.268 e. The maximum atomic E-state index is 14.5. The number of nitrogens with zero attached hydrogens (tertiary/aromatic N) is 3. The monoisotopic (exact) mass is 358 g/mol. The summed E-state index contributed by atoms with van der Waals surface area (Å²) in [7, 11) is -2.62. The Hall–Kier alpha value is -2.07. The Bertz CT molecular complexity index is 886. The molecule has 0 saturated carbocycles. The van der Waals surface area contributed by atoms with Crippen LogP contribution in [0.1, 0.15) is 24.4 Å². The van der Waals surface area contributed by atoms with Crippen molar-refractivity contribution in [3.05, 3.63) is 46.6 Å². The number of rotatable bonds is 3. The number of aromatic nitrogens is 3. The Labute approximate surface area is 137 Å². The van der Waals surface area contributed by atoms with Crippen LogP contribution in [-0.4, -0.2) is 40.0 Å². The Morgan fingerprint density at radius 1 is 1.38 bits per heavy atom. The fourth-order valence-electron chi connectivity index (χ4n) is 2.89. The summed E-state index contributed by atoms with van der Waals surface area (Å²) in [5, 5.41) is 3.87. The molecule has 1 saturated heterocycles. The second-order valence-corrected chi connectivity index (χ2v) is 7.61. The Kier molecular flexibility index (Phi) is 4.04. The highest BCUT2D eigenvalue weighted by Gasteiger charge is 2.51. The summed E-state index contributed by atoms with van der Waals surface area (Å²) in [5.74, 6) is -3.21. The number of alkyl halides is 2. The number of hydrogen-bond acceptors (Lipinski definition) is 4. The second kappa shape index (κ2) is 5.78. The van der Waals surface area contributed by atoms with Crippen LogP contribution in [-0.2, 0) is 17.1 Å². The van der Waals surface area contributed by atoms with Crippen LogP contribution < -0.4 is 5.56 Å². The van der Waals surface area contributed by atoms with Gasteiger partial charge in [0.2, 0.25) is 15.6 Å². The predicted molar refractivity (Wildman–Crippen MR) is 81.1 cm³/mol. The zero-order valence-corrected chi connectivity index (χ0v) is 13.6. The first-order chi connectivity index (χ1) is 11.2. The van der Waals surface area contributed by atoms with Gasteiger partial charge in [-0.15, -0.1) is 0 Å². The maximum absolute atomic E-state index is 14.5. The molecule has 1 aliphatic rings. The normalized spacial score (nSPS) is 21.7. The van der Waals surface area contributed by atoms with E-state index in [0.29, 0.717) is 0 Å². The quantitative estimate of drug-likeness (QED) is 0.895. The summed E-state index contributed by atoms with van der Waals surface area (Å²) in [6.07, 6.45) is 3.31. The largest absolute Gasteiger partial charge is 0.328 e. The van der Waals surface area contributed by atoms with Gasteiger partial charge in [-0.2, -0.15) is 9.40 Å². The third-order valence-electron chi connectivity index (χ3n) is 3.98. The van der Waals surface area contributed by atoms with Crippen LogP contribution in [0.25, 0.3) is 0 Å². The van der Waals surface area contributed by atoms with E-state index < -0.39 is 34.0 Å². The van der Waals surface area contributed by atoms with Gasteiger partial charge in [0, 0.05) is 44.0 Å². The van der Waals surface area contributed by atoms with E-state index in [1.807, 2.05) is 0 Å². The number of hydrogen-bond donors (Lipinski definition) is 1. The lowest BCUT2D eigenvalue weighted by Gasteiger charge is -2.39. The molecule has 3 heterocycles. The molecule has 0 aromatic carbocycles. The fourth-order valence-corrected chi connectivity index (χ4v) is 4.53. The number of aryl methyl sites for hydroxylation is 1. The summed E-state index contributed by atoms with van der Waals surface area (Å²) in [5.41, 5.74) is -0.336. The average Bonchev–Trinajstić information content (AvgIpc) is 2.92. The van der Waals surface area contributed by atoms with Gasteiger partial charge < -0.3 is 4.98 Å². The van der Waals surface area contributed by atoms with Crippen molar-refractivity contribution >= 4 is 10.0 Å². The molecule has 0 aliphatic carbocycles. The highest BCUT2D eigenvalue weighted by Crippen LogP contribution is 2.45. The average molecular weight is 358 g/mol. The van der Waals surface area contributed by atoms with Crippen molar-refractivity contribution < 1.29 is 17.2 Å². The van der Waals surface area contributed by atoms with Gasteiger partial charge in [0.05, 0.1) is 11.1 Å². The van der Waals surface area contributed by atoms with E-state index in [2.05, 4.69) is 10.1 Å². The fraction of sp³-hybridized carbons (Fsp3) is 0.429. The van der Waals surface area contributed by atoms with E-state index in [4.69, 9.17) is 0 Å². The van der Waals surface area contributed by atoms with Gasteiger partial charge >= 0.3 is 0 Å². The van der Waals surface area contributed by atoms with Crippen molar-refractivity contribution in [1.29, 1.82) is 0 Å². The van der Waals surface area contributed by atoms with Gasteiger partial charge in [-0.25, -0.2) is 17.2 Å². The SMILES string of the molecule is Cn1cc(C2N(S(=O)(=O)c3ccc(=O)[nH]c3)CCCC2(F)F)cn1. The zero-order valence-electron chi connectivity index (χ0n) is 12.8. The van der Waals surface area contributed by atoms with Crippen molar-refractivity contribution in [2.24, 2.45) is 7.05 Å². The van der Waals surface area contributed by atoms with Crippen LogP contribution >= 0.6 is 0 Å². The molecule has 2 aromatic rings. The minimum absolute atomic E-state index is 0.0311. The highest BCUT2D eigenvalue weighted by atomic mass is 32.2. The van der Waals surface area contributed by atoms with Crippen LogP contribution in [0.4, 0.5) is 8.78 Å². The smallest absolute Gasteiger partial charge is 0.268 e. The Morgan fingerprint density at radius 2 is 2.12 bits per heavy atom. The van der Waals surface area contributed by atoms with Crippen LogP contribution in [0.5, 0.6) is 0 Å². The van der Waals surface area contributed by atoms with Crippen LogP contribution in [0.2, 0.25) is 0 Å². The Morgan fingerprint density at radius 3 is 2.71 bits per heavy atom. The van der Waals surface area contributed by atoms with Crippen molar-refractivity contribution in [3.8, 4) is 0 Å². The molecule has 1 aliphatic heterocycles. The predicted octanol–water partition coefficient (Wildman–Crippen LogP) is 1.27. The van der Waals surface area contributed by atoms with Crippen molar-refractivity contribution in [2.75, 3.05) is 6.54 Å². The Balaban J connectivity index is 2.09. The van der Waals surface area contributed by atoms with Crippen LogP contribution in [0.3, 0.4) is 0 Å². The van der Waals surface area contributed by atoms with Crippen LogP contribution in [0, 0.1) is 0 Å². The topological polar surface area (TPSA) is 88.1 Å². The first kappa shape index (κ1) is 16.8. The van der Waals surface area contributed by atoms with E-state index in [1.54, 1.807) is 7.05 Å². The molecule has 0 amide bonds. The number of H-pyrrole nitrogens is 1. The zero-order chi connectivity index (χ0) is 17.5. The molecular weight excluding hydrogens is 342 g/mol. The minimum Gasteiger partial charge on any atom is -0.328 e. The molecule has 24 heavy (non-hydrogen) atoms. The molecule has 1 unspecified atom stereocenters. The summed E-state index contributed by atoms with van der Waals surface area (Å²) in [6.45, 7) is -0.0311. The standard InChI is InChI=1S/C14H16F2N4O3S/c1-19-9-10(7-18-19)13-14(15,16)5-2-6-20(13)24(22,23)11-3-4-12(21)17-8-11/h3-4,7-9,13H,2,5-6H2,1H3,(H,17,21). The first-order valence-corrected chi connectivity index (χ1v) is 8.73. The molecule has 10 heteroatoms. The van der Waals surface area contributed by atoms with Gasteiger partial charge in [-0.3, -0.25) is 9.48 Å². The molecule has 0 spiro atoms. The molecule has 0 bridgehead atoms. The molecule has 1 fully saturated rings. The van der Waals surface area contributed by atoms with Crippen LogP contribution in [0.15, 0.2) is 40.4 Å². The summed E-state index contributed by atoms with van der Waals surface area (Å²) >= 11 is 0. The summed E-state index contributed by atoms with van der Waals surface area (Å²) in [6, 6.07) is 0.534. The van der Waals surface area contributed by atoms with Gasteiger partial charge in [0.15, 0.2) is 0 Å². The lowest BCUT2D eigenvalue weighted by molar-refractivity contribution is -0.0908. The van der Waals surface area contributed by atoms with Crippen molar-refractivity contribution in [1.82, 2.24) is 19.1 Å². The molecule has 0 radical (unpaired) electrons. The molecule has 130 valence electrons. The highest BCUT2D eigenvalue weighted by molar-refractivity contribution is 7.89. The molecular formula is C14H16F2N4O3S. The molecule has 2 aromatic heterocycles. The van der Waals surface area contributed by atoms with Gasteiger partial charge in [0.25, 0.3) is 5.92 Å². The lowest BCUT2D eigenvalue weighted by Crippen LogP contribution is -2.48.